The van der Waals surface area contributed by atoms with E-state index in [2.05, 4.69) is 48.2 Å². The molecule has 1 fully saturated rings. The number of anilines is 1. The highest BCUT2D eigenvalue weighted by molar-refractivity contribution is 5.69. The van der Waals surface area contributed by atoms with E-state index in [1.165, 1.54) is 24.0 Å². The van der Waals surface area contributed by atoms with Crippen molar-refractivity contribution >= 4 is 11.7 Å². The Morgan fingerprint density at radius 2 is 1.97 bits per heavy atom. The summed E-state index contributed by atoms with van der Waals surface area (Å²) in [5.41, 5.74) is 4.43. The van der Waals surface area contributed by atoms with Crippen LogP contribution in [-0.4, -0.2) is 25.2 Å². The number of hydrogen-bond donors (Lipinski definition) is 0. The predicted octanol–water partition coefficient (Wildman–Crippen LogP) is 5.22. The average molecular weight is 391 g/mol. The fourth-order valence-electron chi connectivity index (χ4n) is 4.39. The molecule has 2 unspecified atom stereocenters. The van der Waals surface area contributed by atoms with Crippen LogP contribution >= 0.6 is 0 Å². The first-order valence-corrected chi connectivity index (χ1v) is 10.7. The second kappa shape index (κ2) is 10.1. The maximum Gasteiger partial charge on any atom is 0.306 e. The molecule has 3 rings (SSSR count). The number of carbonyl (C=O) groups excluding carboxylic acids is 1. The summed E-state index contributed by atoms with van der Waals surface area (Å²) in [5, 5.41) is 9.20. The third kappa shape index (κ3) is 5.38. The van der Waals surface area contributed by atoms with Crippen LogP contribution in [0, 0.1) is 11.3 Å². The Kier molecular flexibility index (Phi) is 7.30. The number of rotatable bonds is 8. The molecular formula is C25H30N2O2. The zero-order valence-corrected chi connectivity index (χ0v) is 17.4. The SMILES string of the molecule is CCOC(=O)CCc1ccc(C2CCC(N(CC)c3cccc(C#N)c3)C2)cc1. The lowest BCUT2D eigenvalue weighted by atomic mass is 9.95. The van der Waals surface area contributed by atoms with Crippen LogP contribution in [0.25, 0.3) is 0 Å². The molecule has 0 amide bonds. The number of hydrogen-bond acceptors (Lipinski definition) is 4. The molecule has 29 heavy (non-hydrogen) atoms. The van der Waals surface area contributed by atoms with E-state index in [1.54, 1.807) is 0 Å². The van der Waals surface area contributed by atoms with Crippen LogP contribution in [0.3, 0.4) is 0 Å². The van der Waals surface area contributed by atoms with Crippen molar-refractivity contribution in [2.75, 3.05) is 18.1 Å². The fraction of sp³-hybridized carbons (Fsp3) is 0.440. The van der Waals surface area contributed by atoms with Gasteiger partial charge in [-0.2, -0.15) is 5.26 Å². The van der Waals surface area contributed by atoms with Crippen molar-refractivity contribution in [1.82, 2.24) is 0 Å². The Labute approximate surface area is 174 Å². The largest absolute Gasteiger partial charge is 0.466 e. The molecule has 2 atom stereocenters. The number of ether oxygens (including phenoxy) is 1. The van der Waals surface area contributed by atoms with Crippen LogP contribution in [0.15, 0.2) is 48.5 Å². The van der Waals surface area contributed by atoms with Crippen molar-refractivity contribution in [1.29, 1.82) is 5.26 Å². The summed E-state index contributed by atoms with van der Waals surface area (Å²) in [4.78, 5) is 14.0. The smallest absolute Gasteiger partial charge is 0.306 e. The predicted molar refractivity (Wildman–Crippen MR) is 116 cm³/mol. The number of esters is 1. The van der Waals surface area contributed by atoms with Gasteiger partial charge in [-0.15, -0.1) is 0 Å². The standard InChI is InChI=1S/C25H30N2O2/c1-3-27(23-7-5-6-20(16-23)18-26)24-14-13-22(17-24)21-11-8-19(9-12-21)10-15-25(28)29-4-2/h5-9,11-12,16,22,24H,3-4,10,13-15,17H2,1-2H3. The summed E-state index contributed by atoms with van der Waals surface area (Å²) in [6.45, 7) is 5.40. The molecule has 0 aliphatic heterocycles. The van der Waals surface area contributed by atoms with E-state index in [1.807, 2.05) is 25.1 Å². The van der Waals surface area contributed by atoms with E-state index in [9.17, 15) is 10.1 Å². The fourth-order valence-corrected chi connectivity index (χ4v) is 4.39. The quantitative estimate of drug-likeness (QED) is 0.580. The Hall–Kier alpha value is -2.80. The molecule has 1 saturated carbocycles. The number of nitriles is 1. The highest BCUT2D eigenvalue weighted by atomic mass is 16.5. The van der Waals surface area contributed by atoms with Crippen LogP contribution in [0.4, 0.5) is 5.69 Å². The van der Waals surface area contributed by atoms with Crippen LogP contribution in [0.5, 0.6) is 0 Å². The lowest BCUT2D eigenvalue weighted by Gasteiger charge is -2.30. The van der Waals surface area contributed by atoms with Crippen LogP contribution < -0.4 is 4.90 Å². The molecule has 152 valence electrons. The first kappa shape index (κ1) is 20.9. The van der Waals surface area contributed by atoms with E-state index in [0.29, 0.717) is 30.6 Å². The first-order valence-electron chi connectivity index (χ1n) is 10.7. The molecule has 0 heterocycles. The Bertz CT molecular complexity index is 854. The molecule has 0 N–H and O–H groups in total. The highest BCUT2D eigenvalue weighted by Gasteiger charge is 2.29. The molecule has 2 aromatic rings. The topological polar surface area (TPSA) is 53.3 Å². The Morgan fingerprint density at radius 1 is 1.17 bits per heavy atom. The minimum Gasteiger partial charge on any atom is -0.466 e. The molecule has 0 radical (unpaired) electrons. The molecule has 0 bridgehead atoms. The van der Waals surface area contributed by atoms with Crippen molar-refractivity contribution in [3.63, 3.8) is 0 Å². The van der Waals surface area contributed by atoms with Crippen molar-refractivity contribution in [2.45, 2.75) is 57.9 Å². The maximum absolute atomic E-state index is 11.5. The lowest BCUT2D eigenvalue weighted by Crippen LogP contribution is -2.33. The van der Waals surface area contributed by atoms with E-state index in [-0.39, 0.29) is 5.97 Å². The zero-order chi connectivity index (χ0) is 20.6. The second-order valence-electron chi connectivity index (χ2n) is 7.66. The molecule has 2 aromatic carbocycles. The second-order valence-corrected chi connectivity index (χ2v) is 7.66. The van der Waals surface area contributed by atoms with E-state index >= 15 is 0 Å². The third-order valence-corrected chi connectivity index (χ3v) is 5.87. The van der Waals surface area contributed by atoms with Gasteiger partial charge in [0.25, 0.3) is 0 Å². The van der Waals surface area contributed by atoms with E-state index < -0.39 is 0 Å². The molecule has 4 nitrogen and oxygen atoms in total. The number of benzene rings is 2. The average Bonchev–Trinajstić information content (AvgIpc) is 3.23. The minimum absolute atomic E-state index is 0.129. The van der Waals surface area contributed by atoms with Gasteiger partial charge in [-0.1, -0.05) is 30.3 Å². The van der Waals surface area contributed by atoms with Gasteiger partial charge in [0, 0.05) is 24.7 Å². The minimum atomic E-state index is -0.129. The van der Waals surface area contributed by atoms with E-state index in [0.717, 1.165) is 25.1 Å². The number of carbonyl (C=O) groups is 1. The summed E-state index contributed by atoms with van der Waals surface area (Å²) >= 11 is 0. The lowest BCUT2D eigenvalue weighted by molar-refractivity contribution is -0.143. The zero-order valence-electron chi connectivity index (χ0n) is 17.4. The number of aryl methyl sites for hydroxylation is 1. The van der Waals surface area contributed by atoms with Gasteiger partial charge in [-0.3, -0.25) is 4.79 Å². The Balaban J connectivity index is 1.61. The molecule has 0 aromatic heterocycles. The van der Waals surface area contributed by atoms with Gasteiger partial charge in [-0.25, -0.2) is 0 Å². The van der Waals surface area contributed by atoms with Crippen molar-refractivity contribution < 1.29 is 9.53 Å². The summed E-state index contributed by atoms with van der Waals surface area (Å²) in [6, 6.07) is 19.4. The summed E-state index contributed by atoms with van der Waals surface area (Å²) < 4.78 is 5.00. The van der Waals surface area contributed by atoms with Crippen LogP contribution in [-0.2, 0) is 16.0 Å². The molecule has 1 aliphatic carbocycles. The highest BCUT2D eigenvalue weighted by Crippen LogP contribution is 2.38. The molecule has 0 spiro atoms. The van der Waals surface area contributed by atoms with Crippen molar-refractivity contribution in [2.24, 2.45) is 0 Å². The first-order chi connectivity index (χ1) is 14.1. The Morgan fingerprint density at radius 3 is 2.66 bits per heavy atom. The number of nitrogens with zero attached hydrogens (tertiary/aromatic N) is 2. The summed E-state index contributed by atoms with van der Waals surface area (Å²) in [6.07, 6.45) is 4.64. The van der Waals surface area contributed by atoms with Crippen molar-refractivity contribution in [3.8, 4) is 6.07 Å². The van der Waals surface area contributed by atoms with Gasteiger partial charge in [0.2, 0.25) is 0 Å². The molecular weight excluding hydrogens is 360 g/mol. The van der Waals surface area contributed by atoms with Gasteiger partial charge >= 0.3 is 5.97 Å². The van der Waals surface area contributed by atoms with Gasteiger partial charge in [0.15, 0.2) is 0 Å². The summed E-state index contributed by atoms with van der Waals surface area (Å²) in [7, 11) is 0. The monoisotopic (exact) mass is 390 g/mol. The molecule has 1 aliphatic rings. The van der Waals surface area contributed by atoms with Gasteiger partial charge in [0.05, 0.1) is 18.2 Å². The van der Waals surface area contributed by atoms with E-state index in [4.69, 9.17) is 4.74 Å². The van der Waals surface area contributed by atoms with Crippen LogP contribution in [0.2, 0.25) is 0 Å². The maximum atomic E-state index is 11.5. The van der Waals surface area contributed by atoms with Gasteiger partial charge in [-0.05, 0) is 74.8 Å². The third-order valence-electron chi connectivity index (χ3n) is 5.87. The van der Waals surface area contributed by atoms with Crippen molar-refractivity contribution in [3.05, 3.63) is 65.2 Å². The van der Waals surface area contributed by atoms with Gasteiger partial charge < -0.3 is 9.64 Å². The molecule has 0 saturated heterocycles. The normalized spacial score (nSPS) is 18.2. The molecule has 4 heteroatoms. The van der Waals surface area contributed by atoms with Crippen LogP contribution in [0.1, 0.15) is 62.1 Å². The van der Waals surface area contributed by atoms with Gasteiger partial charge in [0.1, 0.15) is 0 Å². The summed E-state index contributed by atoms with van der Waals surface area (Å²) in [5.74, 6) is 0.433.